The summed E-state index contributed by atoms with van der Waals surface area (Å²) in [5.41, 5.74) is 2.78. The fourth-order valence-electron chi connectivity index (χ4n) is 2.15. The molecule has 0 aromatic heterocycles. The van der Waals surface area contributed by atoms with E-state index in [-0.39, 0.29) is 0 Å². The molecule has 19 heavy (non-hydrogen) atoms. The zero-order chi connectivity index (χ0) is 13.3. The van der Waals surface area contributed by atoms with Gasteiger partial charge >= 0.3 is 0 Å². The molecule has 0 radical (unpaired) electrons. The molecule has 0 spiro atoms. The second-order valence-electron chi connectivity index (χ2n) is 4.84. The number of rotatable bonds is 7. The van der Waals surface area contributed by atoms with E-state index in [1.165, 1.54) is 17.5 Å². The summed E-state index contributed by atoms with van der Waals surface area (Å²) >= 11 is 0. The van der Waals surface area contributed by atoms with Crippen LogP contribution in [-0.4, -0.2) is 6.61 Å². The minimum absolute atomic E-state index is 0.799. The third-order valence-corrected chi connectivity index (χ3v) is 3.15. The first-order valence-electron chi connectivity index (χ1n) is 7.14. The van der Waals surface area contributed by atoms with E-state index in [9.17, 15) is 0 Å². The Bertz CT molecular complexity index is 476. The molecule has 0 heterocycles. The van der Waals surface area contributed by atoms with E-state index < -0.39 is 0 Å². The van der Waals surface area contributed by atoms with Gasteiger partial charge in [0.25, 0.3) is 0 Å². The van der Waals surface area contributed by atoms with Gasteiger partial charge in [0.2, 0.25) is 0 Å². The maximum Gasteiger partial charge on any atom is 0.119 e. The van der Waals surface area contributed by atoms with Crippen molar-refractivity contribution in [1.82, 2.24) is 0 Å². The summed E-state index contributed by atoms with van der Waals surface area (Å²) in [4.78, 5) is 0. The van der Waals surface area contributed by atoms with Gasteiger partial charge in [-0.25, -0.2) is 0 Å². The molecule has 100 valence electrons. The van der Waals surface area contributed by atoms with Crippen molar-refractivity contribution in [2.45, 2.75) is 32.6 Å². The van der Waals surface area contributed by atoms with E-state index in [2.05, 4.69) is 55.5 Å². The first-order chi connectivity index (χ1) is 9.38. The van der Waals surface area contributed by atoms with Gasteiger partial charge in [0.05, 0.1) is 6.61 Å². The summed E-state index contributed by atoms with van der Waals surface area (Å²) in [7, 11) is 0. The number of hydrogen-bond donors (Lipinski definition) is 0. The van der Waals surface area contributed by atoms with Gasteiger partial charge in [-0.2, -0.15) is 0 Å². The lowest BCUT2D eigenvalue weighted by molar-refractivity contribution is 0.317. The molecule has 1 nitrogen and oxygen atoms in total. The number of ether oxygens (including phenoxy) is 1. The Hall–Kier alpha value is -1.76. The molecule has 0 saturated carbocycles. The zero-order valence-electron chi connectivity index (χ0n) is 11.6. The molecule has 0 amide bonds. The average molecular weight is 254 g/mol. The van der Waals surface area contributed by atoms with Crippen molar-refractivity contribution < 1.29 is 4.74 Å². The molecule has 0 aliphatic carbocycles. The van der Waals surface area contributed by atoms with Gasteiger partial charge in [-0.15, -0.1) is 0 Å². The van der Waals surface area contributed by atoms with Gasteiger partial charge in [-0.1, -0.05) is 49.4 Å². The van der Waals surface area contributed by atoms with E-state index in [4.69, 9.17) is 4.74 Å². The zero-order valence-corrected chi connectivity index (χ0v) is 11.6. The molecule has 0 bridgehead atoms. The highest BCUT2D eigenvalue weighted by molar-refractivity contribution is 5.28. The highest BCUT2D eigenvalue weighted by Gasteiger charge is 1.98. The molecule has 2 rings (SSSR count). The van der Waals surface area contributed by atoms with E-state index in [0.717, 1.165) is 31.6 Å². The Labute approximate surface area is 116 Å². The standard InChI is InChI=1S/C18H22O/c1-2-14-19-18-13-7-12-17(15-18)11-6-10-16-8-4-3-5-9-16/h3-5,7-9,12-13,15H,2,6,10-11,14H2,1H3. The summed E-state index contributed by atoms with van der Waals surface area (Å²) in [5, 5.41) is 0. The van der Waals surface area contributed by atoms with Crippen LogP contribution in [0.3, 0.4) is 0 Å². The lowest BCUT2D eigenvalue weighted by atomic mass is 10.0. The predicted molar refractivity (Wildman–Crippen MR) is 80.7 cm³/mol. The number of aryl methyl sites for hydroxylation is 2. The van der Waals surface area contributed by atoms with Crippen LogP contribution in [0.25, 0.3) is 0 Å². The van der Waals surface area contributed by atoms with Crippen LogP contribution in [0.15, 0.2) is 54.6 Å². The molecule has 2 aromatic carbocycles. The summed E-state index contributed by atoms with van der Waals surface area (Å²) in [6.45, 7) is 2.93. The highest BCUT2D eigenvalue weighted by Crippen LogP contribution is 2.16. The minimum atomic E-state index is 0.799. The van der Waals surface area contributed by atoms with Crippen molar-refractivity contribution in [1.29, 1.82) is 0 Å². The van der Waals surface area contributed by atoms with Gasteiger partial charge in [0.15, 0.2) is 0 Å². The van der Waals surface area contributed by atoms with E-state index in [1.807, 2.05) is 6.07 Å². The Kier molecular flexibility index (Phi) is 5.49. The van der Waals surface area contributed by atoms with Gasteiger partial charge in [-0.3, -0.25) is 0 Å². The van der Waals surface area contributed by atoms with Crippen LogP contribution >= 0.6 is 0 Å². The monoisotopic (exact) mass is 254 g/mol. The SMILES string of the molecule is CCCOc1cccc(CCCc2ccccc2)c1. The summed E-state index contributed by atoms with van der Waals surface area (Å²) in [6.07, 6.45) is 4.48. The van der Waals surface area contributed by atoms with Gasteiger partial charge < -0.3 is 4.74 Å². The van der Waals surface area contributed by atoms with Gasteiger partial charge in [0.1, 0.15) is 5.75 Å². The van der Waals surface area contributed by atoms with Crippen molar-refractivity contribution in [2.24, 2.45) is 0 Å². The van der Waals surface area contributed by atoms with Gasteiger partial charge in [0, 0.05) is 0 Å². The van der Waals surface area contributed by atoms with Crippen LogP contribution in [0.1, 0.15) is 30.9 Å². The Morgan fingerprint density at radius 2 is 1.58 bits per heavy atom. The molecule has 0 unspecified atom stereocenters. The van der Waals surface area contributed by atoms with Gasteiger partial charge in [-0.05, 0) is 48.9 Å². The molecule has 2 aromatic rings. The van der Waals surface area contributed by atoms with Crippen molar-refractivity contribution in [3.8, 4) is 5.75 Å². The maximum absolute atomic E-state index is 5.66. The Morgan fingerprint density at radius 3 is 2.37 bits per heavy atom. The Balaban J connectivity index is 1.82. The van der Waals surface area contributed by atoms with Crippen molar-refractivity contribution in [3.05, 3.63) is 65.7 Å². The third-order valence-electron chi connectivity index (χ3n) is 3.15. The van der Waals surface area contributed by atoms with Crippen LogP contribution in [0.2, 0.25) is 0 Å². The van der Waals surface area contributed by atoms with Crippen molar-refractivity contribution in [3.63, 3.8) is 0 Å². The lowest BCUT2D eigenvalue weighted by Gasteiger charge is -2.07. The lowest BCUT2D eigenvalue weighted by Crippen LogP contribution is -1.96. The quantitative estimate of drug-likeness (QED) is 0.698. The molecule has 0 atom stereocenters. The molecule has 0 aliphatic heterocycles. The molecule has 0 saturated heterocycles. The smallest absolute Gasteiger partial charge is 0.119 e. The predicted octanol–water partition coefficient (Wildman–Crippen LogP) is 4.65. The normalized spacial score (nSPS) is 10.4. The number of hydrogen-bond acceptors (Lipinski definition) is 1. The minimum Gasteiger partial charge on any atom is -0.494 e. The fourth-order valence-corrected chi connectivity index (χ4v) is 2.15. The largest absolute Gasteiger partial charge is 0.494 e. The summed E-state index contributed by atoms with van der Waals surface area (Å²) in [5.74, 6) is 0.999. The molecular weight excluding hydrogens is 232 g/mol. The number of benzene rings is 2. The first-order valence-corrected chi connectivity index (χ1v) is 7.14. The molecule has 0 aliphatic rings. The first kappa shape index (κ1) is 13.7. The Morgan fingerprint density at radius 1 is 0.842 bits per heavy atom. The molecule has 1 heteroatoms. The molecular formula is C18H22O. The second kappa shape index (κ2) is 7.63. The van der Waals surface area contributed by atoms with Crippen LogP contribution in [0, 0.1) is 0 Å². The summed E-state index contributed by atoms with van der Waals surface area (Å²) < 4.78 is 5.66. The van der Waals surface area contributed by atoms with Crippen molar-refractivity contribution in [2.75, 3.05) is 6.61 Å². The van der Waals surface area contributed by atoms with E-state index >= 15 is 0 Å². The average Bonchev–Trinajstić information content (AvgIpc) is 2.47. The topological polar surface area (TPSA) is 9.23 Å². The highest BCUT2D eigenvalue weighted by atomic mass is 16.5. The van der Waals surface area contributed by atoms with Crippen LogP contribution in [-0.2, 0) is 12.8 Å². The maximum atomic E-state index is 5.66. The van der Waals surface area contributed by atoms with Crippen LogP contribution in [0.5, 0.6) is 5.75 Å². The van der Waals surface area contributed by atoms with Crippen molar-refractivity contribution >= 4 is 0 Å². The van der Waals surface area contributed by atoms with Crippen LogP contribution in [0.4, 0.5) is 0 Å². The fraction of sp³-hybridized carbons (Fsp3) is 0.333. The molecule has 0 fully saturated rings. The molecule has 0 N–H and O–H groups in total. The van der Waals surface area contributed by atoms with E-state index in [1.54, 1.807) is 0 Å². The van der Waals surface area contributed by atoms with E-state index in [0.29, 0.717) is 0 Å². The summed E-state index contributed by atoms with van der Waals surface area (Å²) in [6, 6.07) is 19.1. The third kappa shape index (κ3) is 4.78. The second-order valence-corrected chi connectivity index (χ2v) is 4.84. The van der Waals surface area contributed by atoms with Crippen LogP contribution < -0.4 is 4.74 Å².